The van der Waals surface area contributed by atoms with Gasteiger partial charge >= 0.3 is 5.97 Å². The van der Waals surface area contributed by atoms with E-state index in [2.05, 4.69) is 24.4 Å². The van der Waals surface area contributed by atoms with Crippen LogP contribution < -0.4 is 10.2 Å². The molecule has 2 N–H and O–H groups in total. The van der Waals surface area contributed by atoms with Gasteiger partial charge in [0.2, 0.25) is 0 Å². The predicted octanol–water partition coefficient (Wildman–Crippen LogP) is 2.85. The molecule has 0 radical (unpaired) electrons. The second-order valence-corrected chi connectivity index (χ2v) is 8.23. The van der Waals surface area contributed by atoms with Gasteiger partial charge in [-0.1, -0.05) is 30.3 Å². The molecule has 1 aliphatic rings. The van der Waals surface area contributed by atoms with Gasteiger partial charge < -0.3 is 15.0 Å². The van der Waals surface area contributed by atoms with Crippen LogP contribution in [0.5, 0.6) is 0 Å². The number of carbonyl (C=O) groups is 2. The van der Waals surface area contributed by atoms with Gasteiger partial charge in [0.25, 0.3) is 5.91 Å². The molecule has 2 aromatic rings. The fourth-order valence-corrected chi connectivity index (χ4v) is 4.96. The summed E-state index contributed by atoms with van der Waals surface area (Å²) in [6, 6.07) is 10.2. The van der Waals surface area contributed by atoms with E-state index in [1.165, 1.54) is 15.3 Å². The smallest absolute Gasteiger partial charge is 0.341 e. The van der Waals surface area contributed by atoms with Gasteiger partial charge in [-0.2, -0.15) is 0 Å². The molecule has 1 aromatic heterocycles. The summed E-state index contributed by atoms with van der Waals surface area (Å²) in [5.41, 5.74) is 2.87. The molecule has 6 heteroatoms. The number of hydrogen-bond donors (Lipinski definition) is 2. The van der Waals surface area contributed by atoms with Gasteiger partial charge in [-0.25, -0.2) is 4.79 Å². The first-order valence-electron chi connectivity index (χ1n) is 10.1. The Morgan fingerprint density at radius 2 is 1.89 bits per heavy atom. The van der Waals surface area contributed by atoms with Crippen molar-refractivity contribution < 1.29 is 19.2 Å². The number of ether oxygens (including phenoxy) is 1. The maximum Gasteiger partial charge on any atom is 0.341 e. The Balaban J connectivity index is 1.72. The Kier molecular flexibility index (Phi) is 7.23. The Hall–Kier alpha value is -2.18. The highest BCUT2D eigenvalue weighted by Gasteiger charge is 2.27. The standard InChI is InChI=1S/C22H28N2O3S/c1-3-24(14-16-10-6-5-7-11-16)15-19(25)23-21-20(22(26)27-4-2)17-12-8-9-13-18(17)28-21/h5-7,10-11H,3-4,8-9,12-15H2,1-2H3,(H,23,25)/p+1. The summed E-state index contributed by atoms with van der Waals surface area (Å²) >= 11 is 1.54. The highest BCUT2D eigenvalue weighted by molar-refractivity contribution is 7.17. The number of aryl methyl sites for hydroxylation is 1. The van der Waals surface area contributed by atoms with E-state index in [9.17, 15) is 9.59 Å². The summed E-state index contributed by atoms with van der Waals surface area (Å²) in [4.78, 5) is 27.7. The first-order chi connectivity index (χ1) is 13.6. The molecule has 1 aromatic carbocycles. The second kappa shape index (κ2) is 9.85. The lowest BCUT2D eigenvalue weighted by Crippen LogP contribution is -3.11. The van der Waals surface area contributed by atoms with Crippen LogP contribution >= 0.6 is 11.3 Å². The molecular formula is C22H29N2O3S+. The number of thiophene rings is 1. The van der Waals surface area contributed by atoms with E-state index in [0.717, 1.165) is 44.3 Å². The van der Waals surface area contributed by atoms with Gasteiger partial charge in [0, 0.05) is 10.4 Å². The molecule has 0 fully saturated rings. The van der Waals surface area contributed by atoms with Crippen LogP contribution in [0.1, 0.15) is 53.1 Å². The Bertz CT molecular complexity index is 817. The number of carbonyl (C=O) groups excluding carboxylic acids is 2. The number of rotatable bonds is 8. The third kappa shape index (κ3) is 5.00. The van der Waals surface area contributed by atoms with Crippen molar-refractivity contribution in [2.24, 2.45) is 0 Å². The zero-order valence-corrected chi connectivity index (χ0v) is 17.5. The molecular weight excluding hydrogens is 372 g/mol. The molecule has 5 nitrogen and oxygen atoms in total. The molecule has 3 rings (SSSR count). The normalized spacial score (nSPS) is 14.2. The van der Waals surface area contributed by atoms with E-state index in [1.807, 2.05) is 18.2 Å². The van der Waals surface area contributed by atoms with Crippen LogP contribution in [0.3, 0.4) is 0 Å². The third-order valence-corrected chi connectivity index (χ3v) is 6.32. The van der Waals surface area contributed by atoms with E-state index >= 15 is 0 Å². The van der Waals surface area contributed by atoms with E-state index in [1.54, 1.807) is 18.3 Å². The largest absolute Gasteiger partial charge is 0.462 e. The first kappa shape index (κ1) is 20.6. The minimum absolute atomic E-state index is 0.0584. The zero-order valence-electron chi connectivity index (χ0n) is 16.7. The summed E-state index contributed by atoms with van der Waals surface area (Å²) in [6.45, 7) is 6.25. The number of hydrogen-bond acceptors (Lipinski definition) is 4. The molecule has 0 saturated carbocycles. The topological polar surface area (TPSA) is 59.8 Å². The number of amides is 1. The summed E-state index contributed by atoms with van der Waals surface area (Å²) < 4.78 is 5.27. The van der Waals surface area contributed by atoms with Gasteiger partial charge in [-0.3, -0.25) is 4.79 Å². The second-order valence-electron chi connectivity index (χ2n) is 7.13. The van der Waals surface area contributed by atoms with Crippen LogP contribution in [-0.4, -0.2) is 31.6 Å². The summed E-state index contributed by atoms with van der Waals surface area (Å²) in [7, 11) is 0. The Labute approximate surface area is 170 Å². The SMILES string of the molecule is CCOC(=O)c1c(NC(=O)C[NH+](CC)Cc2ccccc2)sc2c1CCCC2. The number of fused-ring (bicyclic) bond motifs is 1. The maximum atomic E-state index is 12.7. The van der Waals surface area contributed by atoms with Crippen molar-refractivity contribution in [3.05, 3.63) is 51.9 Å². The minimum Gasteiger partial charge on any atom is -0.462 e. The Morgan fingerprint density at radius 1 is 1.14 bits per heavy atom. The predicted molar refractivity (Wildman–Crippen MR) is 112 cm³/mol. The van der Waals surface area contributed by atoms with Crippen LogP contribution in [0.2, 0.25) is 0 Å². The molecule has 0 bridgehead atoms. The van der Waals surface area contributed by atoms with Gasteiger partial charge in [0.05, 0.1) is 18.7 Å². The number of benzene rings is 1. The molecule has 150 valence electrons. The molecule has 0 saturated heterocycles. The van der Waals surface area contributed by atoms with E-state index in [4.69, 9.17) is 4.74 Å². The van der Waals surface area contributed by atoms with Crippen molar-refractivity contribution in [1.82, 2.24) is 0 Å². The fourth-order valence-electron chi connectivity index (χ4n) is 3.67. The fraction of sp³-hybridized carbons (Fsp3) is 0.455. The molecule has 1 heterocycles. The van der Waals surface area contributed by atoms with Gasteiger partial charge in [-0.05, 0) is 45.1 Å². The molecule has 0 aliphatic heterocycles. The minimum atomic E-state index is -0.318. The van der Waals surface area contributed by atoms with E-state index in [-0.39, 0.29) is 11.9 Å². The molecule has 28 heavy (non-hydrogen) atoms. The molecule has 1 aliphatic carbocycles. The highest BCUT2D eigenvalue weighted by atomic mass is 32.1. The zero-order chi connectivity index (χ0) is 19.9. The van der Waals surface area contributed by atoms with Gasteiger partial charge in [0.15, 0.2) is 6.54 Å². The Morgan fingerprint density at radius 3 is 2.61 bits per heavy atom. The quantitative estimate of drug-likeness (QED) is 0.669. The van der Waals surface area contributed by atoms with Crippen LogP contribution in [0.25, 0.3) is 0 Å². The van der Waals surface area contributed by atoms with Gasteiger partial charge in [-0.15, -0.1) is 11.3 Å². The van der Waals surface area contributed by atoms with Crippen LogP contribution in [0.4, 0.5) is 5.00 Å². The van der Waals surface area contributed by atoms with E-state index < -0.39 is 0 Å². The lowest BCUT2D eigenvalue weighted by atomic mass is 9.95. The summed E-state index contributed by atoms with van der Waals surface area (Å²) in [6.07, 6.45) is 4.07. The molecule has 1 unspecified atom stereocenters. The van der Waals surface area contributed by atoms with Crippen molar-refractivity contribution >= 4 is 28.2 Å². The van der Waals surface area contributed by atoms with Crippen molar-refractivity contribution in [2.75, 3.05) is 25.0 Å². The summed E-state index contributed by atoms with van der Waals surface area (Å²) in [5.74, 6) is -0.377. The first-order valence-corrected chi connectivity index (χ1v) is 10.9. The van der Waals surface area contributed by atoms with Gasteiger partial charge in [0.1, 0.15) is 11.5 Å². The van der Waals surface area contributed by atoms with Crippen LogP contribution in [-0.2, 0) is 28.9 Å². The molecule has 1 amide bonds. The number of likely N-dealkylation sites (N-methyl/N-ethyl adjacent to an activating group) is 1. The van der Waals surface area contributed by atoms with Crippen LogP contribution in [0, 0.1) is 0 Å². The average Bonchev–Trinajstić information content (AvgIpc) is 3.06. The van der Waals surface area contributed by atoms with Crippen molar-refractivity contribution in [2.45, 2.75) is 46.1 Å². The number of anilines is 1. The van der Waals surface area contributed by atoms with Crippen molar-refractivity contribution in [1.29, 1.82) is 0 Å². The molecule has 1 atom stereocenters. The molecule has 0 spiro atoms. The summed E-state index contributed by atoms with van der Waals surface area (Å²) in [5, 5.41) is 3.67. The lowest BCUT2D eigenvalue weighted by Gasteiger charge is -2.17. The number of nitrogens with one attached hydrogen (secondary N) is 2. The monoisotopic (exact) mass is 401 g/mol. The van der Waals surface area contributed by atoms with Crippen molar-refractivity contribution in [3.63, 3.8) is 0 Å². The number of quaternary nitrogens is 1. The van der Waals surface area contributed by atoms with Crippen molar-refractivity contribution in [3.8, 4) is 0 Å². The van der Waals surface area contributed by atoms with Crippen LogP contribution in [0.15, 0.2) is 30.3 Å². The van der Waals surface area contributed by atoms with E-state index in [0.29, 0.717) is 23.7 Å². The lowest BCUT2D eigenvalue weighted by molar-refractivity contribution is -0.903. The average molecular weight is 402 g/mol. The number of esters is 1. The third-order valence-electron chi connectivity index (χ3n) is 5.11. The highest BCUT2D eigenvalue weighted by Crippen LogP contribution is 2.38. The maximum absolute atomic E-state index is 12.7.